The van der Waals surface area contributed by atoms with Crippen molar-refractivity contribution >= 4 is 0 Å². The van der Waals surface area contributed by atoms with Crippen LogP contribution in [0.25, 0.3) is 0 Å². The summed E-state index contributed by atoms with van der Waals surface area (Å²) in [6.07, 6.45) is 1.18. The second kappa shape index (κ2) is 3.67. The molecule has 0 radical (unpaired) electrons. The monoisotopic (exact) mass is 214 g/mol. The minimum Gasteiger partial charge on any atom is -0.381 e. The van der Waals surface area contributed by atoms with Gasteiger partial charge in [-0.15, -0.1) is 0 Å². The molecule has 0 spiro atoms. The lowest BCUT2D eigenvalue weighted by Gasteiger charge is -2.35. The van der Waals surface area contributed by atoms with Crippen molar-refractivity contribution in [3.8, 4) is 0 Å². The summed E-state index contributed by atoms with van der Waals surface area (Å²) in [6, 6.07) is 0. The van der Waals surface area contributed by atoms with E-state index in [2.05, 4.69) is 10.2 Å². The normalized spacial score (nSPS) is 20.3. The molecule has 1 saturated heterocycles. The molecule has 7 nitrogen and oxygen atoms in total. The highest BCUT2D eigenvalue weighted by Gasteiger charge is 2.36. The summed E-state index contributed by atoms with van der Waals surface area (Å²) in [7, 11) is 0. The highest BCUT2D eigenvalue weighted by Crippen LogP contribution is 2.24. The Balaban J connectivity index is 2.50. The molecule has 0 amide bonds. The summed E-state index contributed by atoms with van der Waals surface area (Å²) in [5.41, 5.74) is 4.22. The molecule has 0 aromatic carbocycles. The van der Waals surface area contributed by atoms with Crippen LogP contribution < -0.4 is 17.1 Å². The molecular formula is C8H14N4O3. The summed E-state index contributed by atoms with van der Waals surface area (Å²) in [4.78, 5) is 23.0. The van der Waals surface area contributed by atoms with Crippen LogP contribution in [-0.4, -0.2) is 34.5 Å². The third kappa shape index (κ3) is 1.53. The Bertz CT molecular complexity index is 410. The van der Waals surface area contributed by atoms with E-state index < -0.39 is 16.9 Å². The third-order valence-electron chi connectivity index (χ3n) is 2.96. The maximum absolute atomic E-state index is 11.5. The largest absolute Gasteiger partial charge is 0.381 e. The molecule has 0 atom stereocenters. The number of nitrogens with two attached hydrogens (primary N) is 1. The van der Waals surface area contributed by atoms with Gasteiger partial charge in [-0.05, 0) is 12.8 Å². The van der Waals surface area contributed by atoms with E-state index in [1.54, 1.807) is 0 Å². The van der Waals surface area contributed by atoms with Gasteiger partial charge in [0.2, 0.25) is 0 Å². The fourth-order valence-electron chi connectivity index (χ4n) is 2.01. The first-order valence-corrected chi connectivity index (χ1v) is 4.88. The van der Waals surface area contributed by atoms with Crippen molar-refractivity contribution in [1.29, 1.82) is 0 Å². The van der Waals surface area contributed by atoms with Crippen LogP contribution in [0.1, 0.15) is 12.8 Å². The SMILES string of the molecule is NCC1(n2c(=O)[nH][nH]c2=O)CCOCC1. The second-order valence-corrected chi connectivity index (χ2v) is 3.74. The van der Waals surface area contributed by atoms with Crippen LogP contribution in [0.5, 0.6) is 0 Å². The van der Waals surface area contributed by atoms with Gasteiger partial charge in [-0.1, -0.05) is 0 Å². The van der Waals surface area contributed by atoms with E-state index in [0.29, 0.717) is 26.1 Å². The van der Waals surface area contributed by atoms with Crippen molar-refractivity contribution in [1.82, 2.24) is 14.8 Å². The fraction of sp³-hybridized carbons (Fsp3) is 0.750. The van der Waals surface area contributed by atoms with E-state index in [0.717, 1.165) is 0 Å². The number of aromatic nitrogens is 3. The van der Waals surface area contributed by atoms with Gasteiger partial charge in [0, 0.05) is 19.8 Å². The first-order valence-electron chi connectivity index (χ1n) is 4.88. The maximum atomic E-state index is 11.5. The number of hydrogen-bond donors (Lipinski definition) is 3. The second-order valence-electron chi connectivity index (χ2n) is 3.74. The van der Waals surface area contributed by atoms with Crippen LogP contribution in [0.3, 0.4) is 0 Å². The third-order valence-corrected chi connectivity index (χ3v) is 2.96. The van der Waals surface area contributed by atoms with Gasteiger partial charge in [-0.25, -0.2) is 24.4 Å². The van der Waals surface area contributed by atoms with Gasteiger partial charge >= 0.3 is 11.4 Å². The average Bonchev–Trinajstić information content (AvgIpc) is 2.60. The predicted octanol–water partition coefficient (Wildman–Crippen LogP) is -1.67. The van der Waals surface area contributed by atoms with Crippen molar-refractivity contribution in [2.75, 3.05) is 19.8 Å². The maximum Gasteiger partial charge on any atom is 0.344 e. The molecule has 0 bridgehead atoms. The predicted molar refractivity (Wildman–Crippen MR) is 52.8 cm³/mol. The zero-order valence-corrected chi connectivity index (χ0v) is 8.28. The lowest BCUT2D eigenvalue weighted by Crippen LogP contribution is -2.53. The summed E-state index contributed by atoms with van der Waals surface area (Å²) in [6.45, 7) is 1.31. The highest BCUT2D eigenvalue weighted by molar-refractivity contribution is 4.92. The van der Waals surface area contributed by atoms with Gasteiger partial charge in [0.25, 0.3) is 0 Å². The molecule has 1 aromatic heterocycles. The number of rotatable bonds is 2. The lowest BCUT2D eigenvalue weighted by molar-refractivity contribution is 0.0220. The Morgan fingerprint density at radius 3 is 2.27 bits per heavy atom. The quantitative estimate of drug-likeness (QED) is 0.547. The van der Waals surface area contributed by atoms with Crippen LogP contribution in [0, 0.1) is 0 Å². The highest BCUT2D eigenvalue weighted by atomic mass is 16.5. The molecule has 1 aliphatic rings. The number of aromatic amines is 2. The molecule has 0 unspecified atom stereocenters. The Morgan fingerprint density at radius 2 is 1.80 bits per heavy atom. The Hall–Kier alpha value is -1.34. The molecule has 15 heavy (non-hydrogen) atoms. The minimum atomic E-state index is -0.594. The molecule has 1 fully saturated rings. The molecule has 2 heterocycles. The van der Waals surface area contributed by atoms with Crippen molar-refractivity contribution in [2.45, 2.75) is 18.4 Å². The number of nitrogens with one attached hydrogen (secondary N) is 2. The number of H-pyrrole nitrogens is 2. The molecule has 2 rings (SSSR count). The van der Waals surface area contributed by atoms with Gasteiger partial charge in [0.05, 0.1) is 5.54 Å². The van der Waals surface area contributed by atoms with E-state index in [-0.39, 0.29) is 6.54 Å². The van der Waals surface area contributed by atoms with E-state index in [9.17, 15) is 9.59 Å². The first kappa shape index (κ1) is 10.2. The molecule has 0 aliphatic carbocycles. The number of ether oxygens (including phenoxy) is 1. The van der Waals surface area contributed by atoms with E-state index >= 15 is 0 Å². The topological polar surface area (TPSA) is 106 Å². The standard InChI is InChI=1S/C8H14N4O3/c9-5-8(1-3-15-4-2-8)12-6(13)10-11-7(12)14/h1-5,9H2,(H,10,13)(H,11,14). The smallest absolute Gasteiger partial charge is 0.344 e. The molecule has 84 valence electrons. The number of hydrogen-bond acceptors (Lipinski definition) is 4. The average molecular weight is 214 g/mol. The van der Waals surface area contributed by atoms with Gasteiger partial charge in [0.1, 0.15) is 0 Å². The van der Waals surface area contributed by atoms with E-state index in [4.69, 9.17) is 10.5 Å². The Kier molecular flexibility index (Phi) is 2.49. The summed E-state index contributed by atoms with van der Waals surface area (Å²) < 4.78 is 6.39. The van der Waals surface area contributed by atoms with E-state index in [1.165, 1.54) is 4.57 Å². The van der Waals surface area contributed by atoms with Crippen LogP contribution in [0.15, 0.2) is 9.59 Å². The van der Waals surface area contributed by atoms with Crippen molar-refractivity contribution < 1.29 is 4.74 Å². The first-order chi connectivity index (χ1) is 7.19. The van der Waals surface area contributed by atoms with Crippen LogP contribution in [0.4, 0.5) is 0 Å². The van der Waals surface area contributed by atoms with Gasteiger partial charge in [-0.3, -0.25) is 0 Å². The van der Waals surface area contributed by atoms with Crippen molar-refractivity contribution in [3.05, 3.63) is 21.0 Å². The fourth-order valence-corrected chi connectivity index (χ4v) is 2.01. The lowest BCUT2D eigenvalue weighted by atomic mass is 9.90. The zero-order valence-electron chi connectivity index (χ0n) is 8.28. The minimum absolute atomic E-state index is 0.261. The Labute approximate surface area is 85.2 Å². The molecule has 0 saturated carbocycles. The molecule has 7 heteroatoms. The van der Waals surface area contributed by atoms with Gasteiger partial charge < -0.3 is 10.5 Å². The van der Waals surface area contributed by atoms with Crippen molar-refractivity contribution in [3.63, 3.8) is 0 Å². The van der Waals surface area contributed by atoms with Gasteiger partial charge in [-0.2, -0.15) is 0 Å². The summed E-state index contributed by atoms with van der Waals surface area (Å²) in [5, 5.41) is 4.53. The molecule has 1 aliphatic heterocycles. The molecule has 1 aromatic rings. The van der Waals surface area contributed by atoms with Crippen molar-refractivity contribution in [2.24, 2.45) is 5.73 Å². The molecular weight excluding hydrogens is 200 g/mol. The van der Waals surface area contributed by atoms with Crippen LogP contribution >= 0.6 is 0 Å². The summed E-state index contributed by atoms with van der Waals surface area (Å²) >= 11 is 0. The van der Waals surface area contributed by atoms with E-state index in [1.807, 2.05) is 0 Å². The van der Waals surface area contributed by atoms with Gasteiger partial charge in [0.15, 0.2) is 0 Å². The van der Waals surface area contributed by atoms with Crippen LogP contribution in [0.2, 0.25) is 0 Å². The van der Waals surface area contributed by atoms with Crippen LogP contribution in [-0.2, 0) is 10.3 Å². The Morgan fingerprint density at radius 1 is 1.27 bits per heavy atom. The number of nitrogens with zero attached hydrogens (tertiary/aromatic N) is 1. The molecule has 4 N–H and O–H groups in total. The summed E-state index contributed by atoms with van der Waals surface area (Å²) in [5.74, 6) is 0. The zero-order chi connectivity index (χ0) is 10.9.